The van der Waals surface area contributed by atoms with Crippen molar-refractivity contribution in [1.29, 1.82) is 0 Å². The van der Waals surface area contributed by atoms with E-state index >= 15 is 0 Å². The fraction of sp³-hybridized carbons (Fsp3) is 0.133. The number of rotatable bonds is 4. The van der Waals surface area contributed by atoms with Crippen LogP contribution >= 0.6 is 0 Å². The number of hydrogen-bond acceptors (Lipinski definition) is 3. The molecule has 0 saturated carbocycles. The monoisotopic (exact) mass is 297 g/mol. The fourth-order valence-corrected chi connectivity index (χ4v) is 2.29. The standard InChI is InChI=1S/C15H15N5O2/c1-20-9-10(11-4-2-3-5-12(11)20)6-7-14(21)16-8-13-17-15(22)19-18-13/h2-7,9H,8H2,1H3,(H,16,21)(H2,17,18,19,22). The van der Waals surface area contributed by atoms with Gasteiger partial charge in [0.25, 0.3) is 0 Å². The molecule has 0 saturated heterocycles. The number of aromatic amines is 2. The summed E-state index contributed by atoms with van der Waals surface area (Å²) >= 11 is 0. The Hall–Kier alpha value is -3.09. The number of aryl methyl sites for hydroxylation is 1. The zero-order chi connectivity index (χ0) is 15.5. The lowest BCUT2D eigenvalue weighted by atomic mass is 10.1. The number of para-hydroxylation sites is 1. The zero-order valence-electron chi connectivity index (χ0n) is 12.0. The Morgan fingerprint density at radius 3 is 3.00 bits per heavy atom. The van der Waals surface area contributed by atoms with Crippen LogP contribution < -0.4 is 11.0 Å². The van der Waals surface area contributed by atoms with E-state index in [2.05, 4.69) is 20.5 Å². The molecule has 3 aromatic rings. The van der Waals surface area contributed by atoms with Crippen molar-refractivity contribution < 1.29 is 4.79 Å². The van der Waals surface area contributed by atoms with Gasteiger partial charge in [0.2, 0.25) is 5.91 Å². The molecule has 1 aromatic carbocycles. The van der Waals surface area contributed by atoms with Crippen molar-refractivity contribution in [3.05, 3.63) is 58.4 Å². The highest BCUT2D eigenvalue weighted by Crippen LogP contribution is 2.21. The molecule has 0 atom stereocenters. The van der Waals surface area contributed by atoms with E-state index in [0.717, 1.165) is 16.5 Å². The predicted octanol–water partition coefficient (Wildman–Crippen LogP) is 0.919. The van der Waals surface area contributed by atoms with E-state index in [1.165, 1.54) is 6.08 Å². The van der Waals surface area contributed by atoms with Gasteiger partial charge >= 0.3 is 5.69 Å². The van der Waals surface area contributed by atoms with Crippen molar-refractivity contribution >= 4 is 22.9 Å². The Labute approximate surface area is 125 Å². The summed E-state index contributed by atoms with van der Waals surface area (Å²) in [5.74, 6) is 0.133. The number of nitrogens with zero attached hydrogens (tertiary/aromatic N) is 2. The van der Waals surface area contributed by atoms with Crippen LogP contribution in [0.15, 0.2) is 41.3 Å². The molecule has 2 heterocycles. The summed E-state index contributed by atoms with van der Waals surface area (Å²) in [4.78, 5) is 25.1. The van der Waals surface area contributed by atoms with Gasteiger partial charge in [-0.15, -0.1) is 0 Å². The number of carbonyl (C=O) groups is 1. The third-order valence-electron chi connectivity index (χ3n) is 3.32. The highest BCUT2D eigenvalue weighted by molar-refractivity contribution is 5.96. The topological polar surface area (TPSA) is 95.6 Å². The number of carbonyl (C=O) groups excluding carboxylic acids is 1. The maximum atomic E-state index is 11.8. The van der Waals surface area contributed by atoms with Crippen LogP contribution in [0.2, 0.25) is 0 Å². The lowest BCUT2D eigenvalue weighted by Crippen LogP contribution is -2.21. The van der Waals surface area contributed by atoms with Crippen LogP contribution in [-0.2, 0) is 18.4 Å². The molecule has 0 spiro atoms. The van der Waals surface area contributed by atoms with E-state index in [-0.39, 0.29) is 12.5 Å². The molecular weight excluding hydrogens is 282 g/mol. The molecule has 0 aliphatic rings. The van der Waals surface area contributed by atoms with Crippen LogP contribution in [0.3, 0.4) is 0 Å². The predicted molar refractivity (Wildman–Crippen MR) is 83.0 cm³/mol. The van der Waals surface area contributed by atoms with Crippen LogP contribution in [0.25, 0.3) is 17.0 Å². The summed E-state index contributed by atoms with van der Waals surface area (Å²) in [6.45, 7) is 0.164. The van der Waals surface area contributed by atoms with E-state index in [0.29, 0.717) is 5.82 Å². The highest BCUT2D eigenvalue weighted by Gasteiger charge is 2.04. The molecule has 7 nitrogen and oxygen atoms in total. The third kappa shape index (κ3) is 2.83. The molecule has 22 heavy (non-hydrogen) atoms. The molecule has 0 fully saturated rings. The molecule has 0 aliphatic carbocycles. The maximum absolute atomic E-state index is 11.8. The minimum Gasteiger partial charge on any atom is -0.350 e. The molecular formula is C15H15N5O2. The summed E-state index contributed by atoms with van der Waals surface area (Å²) < 4.78 is 2.02. The van der Waals surface area contributed by atoms with Crippen molar-refractivity contribution in [2.24, 2.45) is 7.05 Å². The number of amides is 1. The summed E-state index contributed by atoms with van der Waals surface area (Å²) in [7, 11) is 1.97. The van der Waals surface area contributed by atoms with Gasteiger partial charge in [-0.2, -0.15) is 5.10 Å². The largest absolute Gasteiger partial charge is 0.350 e. The van der Waals surface area contributed by atoms with Gasteiger partial charge in [-0.05, 0) is 12.1 Å². The normalized spacial score (nSPS) is 11.3. The van der Waals surface area contributed by atoms with E-state index in [4.69, 9.17) is 0 Å². The molecule has 1 amide bonds. The van der Waals surface area contributed by atoms with Gasteiger partial charge in [0.05, 0.1) is 6.54 Å². The number of benzene rings is 1. The van der Waals surface area contributed by atoms with Gasteiger partial charge < -0.3 is 9.88 Å². The van der Waals surface area contributed by atoms with Crippen LogP contribution in [0, 0.1) is 0 Å². The number of hydrogen-bond donors (Lipinski definition) is 3. The first-order chi connectivity index (χ1) is 10.6. The summed E-state index contributed by atoms with van der Waals surface area (Å²) in [5.41, 5.74) is 1.69. The average Bonchev–Trinajstić information content (AvgIpc) is 3.07. The Morgan fingerprint density at radius 1 is 1.41 bits per heavy atom. The summed E-state index contributed by atoms with van der Waals surface area (Å²) in [6.07, 6.45) is 5.21. The first kappa shape index (κ1) is 13.9. The van der Waals surface area contributed by atoms with Gasteiger partial charge in [0, 0.05) is 35.8 Å². The lowest BCUT2D eigenvalue weighted by Gasteiger charge is -1.97. The van der Waals surface area contributed by atoms with Gasteiger partial charge in [-0.1, -0.05) is 18.2 Å². The fourth-order valence-electron chi connectivity index (χ4n) is 2.29. The van der Waals surface area contributed by atoms with E-state index < -0.39 is 5.69 Å². The number of nitrogens with one attached hydrogen (secondary N) is 3. The SMILES string of the molecule is Cn1cc(C=CC(=O)NCc2n[nH]c(=O)[nH]2)c2ccccc21. The lowest BCUT2D eigenvalue weighted by molar-refractivity contribution is -0.116. The minimum atomic E-state index is -0.393. The second kappa shape index (κ2) is 5.72. The first-order valence-electron chi connectivity index (χ1n) is 6.77. The van der Waals surface area contributed by atoms with E-state index in [1.54, 1.807) is 6.08 Å². The molecule has 112 valence electrons. The Bertz CT molecular complexity index is 900. The first-order valence-corrected chi connectivity index (χ1v) is 6.77. The number of fused-ring (bicyclic) bond motifs is 1. The minimum absolute atomic E-state index is 0.164. The molecule has 0 bridgehead atoms. The number of H-pyrrole nitrogens is 2. The van der Waals surface area contributed by atoms with E-state index in [9.17, 15) is 9.59 Å². The van der Waals surface area contributed by atoms with Crippen LogP contribution in [-0.4, -0.2) is 25.7 Å². The smallest absolute Gasteiger partial charge is 0.340 e. The zero-order valence-corrected chi connectivity index (χ0v) is 12.0. The molecule has 7 heteroatoms. The second-order valence-corrected chi connectivity index (χ2v) is 4.89. The van der Waals surface area contributed by atoms with Crippen molar-refractivity contribution in [3.63, 3.8) is 0 Å². The second-order valence-electron chi connectivity index (χ2n) is 4.89. The molecule has 0 radical (unpaired) electrons. The van der Waals surface area contributed by atoms with Gasteiger partial charge in [0.15, 0.2) is 0 Å². The molecule has 2 aromatic heterocycles. The Balaban J connectivity index is 1.70. The maximum Gasteiger partial charge on any atom is 0.340 e. The molecule has 0 unspecified atom stereocenters. The van der Waals surface area contributed by atoms with Crippen LogP contribution in [0.4, 0.5) is 0 Å². The number of aromatic nitrogens is 4. The van der Waals surface area contributed by atoms with Crippen molar-refractivity contribution in [2.45, 2.75) is 6.54 Å². The summed E-state index contributed by atoms with van der Waals surface area (Å²) in [6, 6.07) is 7.99. The van der Waals surface area contributed by atoms with Gasteiger partial charge in [-0.25, -0.2) is 9.89 Å². The molecule has 0 aliphatic heterocycles. The van der Waals surface area contributed by atoms with Crippen molar-refractivity contribution in [2.75, 3.05) is 0 Å². The quantitative estimate of drug-likeness (QED) is 0.625. The van der Waals surface area contributed by atoms with Gasteiger partial charge in [-0.3, -0.25) is 9.78 Å². The molecule has 3 N–H and O–H groups in total. The third-order valence-corrected chi connectivity index (χ3v) is 3.32. The highest BCUT2D eigenvalue weighted by atomic mass is 16.2. The average molecular weight is 297 g/mol. The van der Waals surface area contributed by atoms with Crippen LogP contribution in [0.1, 0.15) is 11.4 Å². The Morgan fingerprint density at radius 2 is 2.23 bits per heavy atom. The van der Waals surface area contributed by atoms with Crippen LogP contribution in [0.5, 0.6) is 0 Å². The Kier molecular flexibility index (Phi) is 3.61. The van der Waals surface area contributed by atoms with Gasteiger partial charge in [0.1, 0.15) is 5.82 Å². The van der Waals surface area contributed by atoms with Crippen molar-refractivity contribution in [1.82, 2.24) is 25.1 Å². The molecule has 3 rings (SSSR count). The summed E-state index contributed by atoms with van der Waals surface area (Å²) in [5, 5.41) is 9.70. The van der Waals surface area contributed by atoms with Crippen molar-refractivity contribution in [3.8, 4) is 0 Å². The van der Waals surface area contributed by atoms with E-state index in [1.807, 2.05) is 42.1 Å².